The van der Waals surface area contributed by atoms with E-state index in [1.807, 2.05) is 10.8 Å². The van der Waals surface area contributed by atoms with Crippen molar-refractivity contribution in [3.05, 3.63) is 16.1 Å². The average molecular weight is 621 g/mol. The van der Waals surface area contributed by atoms with Crippen LogP contribution < -0.4 is 4.90 Å². The Kier molecular flexibility index (Phi) is 7.73. The van der Waals surface area contributed by atoms with Crippen LogP contribution in [0.15, 0.2) is 12.5 Å². The number of hydrogen-bond acceptors (Lipinski definition) is 8. The van der Waals surface area contributed by atoms with E-state index >= 15 is 0 Å². The van der Waals surface area contributed by atoms with Gasteiger partial charge in [0.05, 0.1) is 11.6 Å². The third-order valence-corrected chi connectivity index (χ3v) is 7.31. The molecule has 1 aliphatic rings. The monoisotopic (exact) mass is 621 g/mol. The first kappa shape index (κ1) is 27.6. The molecule has 1 saturated heterocycles. The molecule has 3 rings (SSSR count). The highest BCUT2D eigenvalue weighted by Crippen LogP contribution is 2.35. The van der Waals surface area contributed by atoms with Crippen LogP contribution in [0.2, 0.25) is 0 Å². The van der Waals surface area contributed by atoms with E-state index in [0.717, 1.165) is 8.47 Å². The summed E-state index contributed by atoms with van der Waals surface area (Å²) in [4.78, 5) is 35.8. The number of carbonyl (C=O) groups is 2. The normalized spacial score (nSPS) is 16.3. The Morgan fingerprint density at radius 1 is 1.03 bits per heavy atom. The van der Waals surface area contributed by atoms with Gasteiger partial charge in [0.2, 0.25) is 10.0 Å². The smallest absolute Gasteiger partial charge is 0.425 e. The summed E-state index contributed by atoms with van der Waals surface area (Å²) in [6, 6.07) is -0.00160. The van der Waals surface area contributed by atoms with Gasteiger partial charge in [0.15, 0.2) is 5.82 Å². The number of hydrogen-bond donors (Lipinski definition) is 0. The van der Waals surface area contributed by atoms with Crippen molar-refractivity contribution in [1.29, 1.82) is 0 Å². The first-order valence-electron chi connectivity index (χ1n) is 11.2. The van der Waals surface area contributed by atoms with Crippen molar-refractivity contribution >= 4 is 61.7 Å². The lowest BCUT2D eigenvalue weighted by Crippen LogP contribution is -2.44. The molecule has 0 atom stereocenters. The molecule has 35 heavy (non-hydrogen) atoms. The van der Waals surface area contributed by atoms with Crippen LogP contribution in [0.3, 0.4) is 0 Å². The fourth-order valence-corrected chi connectivity index (χ4v) is 5.44. The number of aromatic nitrogens is 3. The first-order chi connectivity index (χ1) is 16.0. The quantitative estimate of drug-likeness (QED) is 0.465. The Hall–Kier alpha value is -2.00. The Morgan fingerprint density at radius 3 is 2.00 bits per heavy atom. The van der Waals surface area contributed by atoms with Gasteiger partial charge in [-0.3, -0.25) is 0 Å². The minimum Gasteiger partial charge on any atom is -0.443 e. The van der Waals surface area contributed by atoms with Crippen molar-refractivity contribution in [2.45, 2.75) is 71.6 Å². The van der Waals surface area contributed by atoms with Gasteiger partial charge in [-0.2, -0.15) is 4.90 Å². The molecule has 1 fully saturated rings. The minimum atomic E-state index is -3.25. The minimum absolute atomic E-state index is 0.00160. The topological polar surface area (TPSA) is 124 Å². The lowest BCUT2D eigenvalue weighted by molar-refractivity contribution is 0.0429. The maximum atomic E-state index is 13.2. The molecule has 0 unspecified atom stereocenters. The second-order valence-electron chi connectivity index (χ2n) is 10.5. The van der Waals surface area contributed by atoms with E-state index in [2.05, 4.69) is 32.6 Å². The van der Waals surface area contributed by atoms with E-state index in [-0.39, 0.29) is 11.9 Å². The number of carbonyl (C=O) groups excluding carboxylic acids is 2. The predicted octanol–water partition coefficient (Wildman–Crippen LogP) is 4.31. The summed E-state index contributed by atoms with van der Waals surface area (Å²) in [5.74, 6) is 0.0650. The summed E-state index contributed by atoms with van der Waals surface area (Å²) in [6.45, 7) is 11.0. The zero-order valence-corrected chi connectivity index (χ0v) is 24.0. The molecule has 13 heteroatoms. The molecule has 0 radical (unpaired) electrons. The number of rotatable bonds is 3. The maximum Gasteiger partial charge on any atom is 0.425 e. The summed E-state index contributed by atoms with van der Waals surface area (Å²) in [6.07, 6.45) is 3.78. The number of amides is 2. The van der Waals surface area contributed by atoms with E-state index in [0.29, 0.717) is 37.0 Å². The fourth-order valence-electron chi connectivity index (χ4n) is 3.79. The van der Waals surface area contributed by atoms with Gasteiger partial charge in [-0.1, -0.05) is 0 Å². The van der Waals surface area contributed by atoms with Gasteiger partial charge in [0, 0.05) is 28.9 Å². The number of halogens is 1. The molecular formula is C22H32IN5O6S. The van der Waals surface area contributed by atoms with E-state index in [1.165, 1.54) is 16.9 Å². The summed E-state index contributed by atoms with van der Waals surface area (Å²) in [7, 11) is -3.25. The van der Waals surface area contributed by atoms with E-state index in [1.54, 1.807) is 41.5 Å². The van der Waals surface area contributed by atoms with Crippen molar-refractivity contribution < 1.29 is 27.5 Å². The highest BCUT2D eigenvalue weighted by atomic mass is 127. The second kappa shape index (κ2) is 9.81. The van der Waals surface area contributed by atoms with Gasteiger partial charge in [-0.15, -0.1) is 0 Å². The standard InChI is InChI=1S/C22H32IN5O6S/c1-21(2,3)33-19(29)28(20(30)34-22(4,5)6)18-16-15(23)12-27(17(16)24-13-25-18)14-8-10-26(11-9-14)35(7,31)32/h12-14H,8-11H2,1-7H3. The molecule has 0 saturated carbocycles. The highest BCUT2D eigenvalue weighted by molar-refractivity contribution is 14.1. The zero-order chi connectivity index (χ0) is 26.3. The number of ether oxygens (including phenoxy) is 2. The summed E-state index contributed by atoms with van der Waals surface area (Å²) >= 11 is 2.12. The second-order valence-corrected chi connectivity index (χ2v) is 13.6. The lowest BCUT2D eigenvalue weighted by atomic mass is 10.1. The molecular weight excluding hydrogens is 589 g/mol. The number of sulfonamides is 1. The molecule has 0 aliphatic carbocycles. The summed E-state index contributed by atoms with van der Waals surface area (Å²) in [5, 5.41) is 0.510. The number of anilines is 1. The summed E-state index contributed by atoms with van der Waals surface area (Å²) < 4.78 is 39.0. The number of nitrogens with zero attached hydrogens (tertiary/aromatic N) is 5. The van der Waals surface area contributed by atoms with E-state index < -0.39 is 33.4 Å². The maximum absolute atomic E-state index is 13.2. The van der Waals surface area contributed by atoms with E-state index in [4.69, 9.17) is 9.47 Å². The fraction of sp³-hybridized carbons (Fsp3) is 0.636. The molecule has 2 aromatic heterocycles. The van der Waals surface area contributed by atoms with Crippen LogP contribution in [-0.4, -0.2) is 70.0 Å². The molecule has 0 aromatic carbocycles. The number of piperidine rings is 1. The third-order valence-electron chi connectivity index (χ3n) is 5.19. The lowest BCUT2D eigenvalue weighted by Gasteiger charge is -2.31. The number of fused-ring (bicyclic) bond motifs is 1. The molecule has 11 nitrogen and oxygen atoms in total. The van der Waals surface area contributed by atoms with Crippen molar-refractivity contribution in [1.82, 2.24) is 18.8 Å². The van der Waals surface area contributed by atoms with Crippen LogP contribution in [-0.2, 0) is 19.5 Å². The molecule has 0 N–H and O–H groups in total. The average Bonchev–Trinajstić information content (AvgIpc) is 3.02. The van der Waals surface area contributed by atoms with Gasteiger partial charge >= 0.3 is 12.2 Å². The molecule has 2 amide bonds. The van der Waals surface area contributed by atoms with Crippen LogP contribution in [0.5, 0.6) is 0 Å². The molecule has 1 aliphatic heterocycles. The Labute approximate surface area is 219 Å². The first-order valence-corrected chi connectivity index (χ1v) is 14.1. The van der Waals surface area contributed by atoms with Crippen molar-refractivity contribution in [2.75, 3.05) is 24.2 Å². The molecule has 3 heterocycles. The molecule has 0 bridgehead atoms. The molecule has 194 valence electrons. The van der Waals surface area contributed by atoms with Crippen LogP contribution >= 0.6 is 22.6 Å². The molecule has 2 aromatic rings. The Balaban J connectivity index is 2.05. The molecule has 0 spiro atoms. The largest absolute Gasteiger partial charge is 0.443 e. The Morgan fingerprint density at radius 2 is 1.54 bits per heavy atom. The SMILES string of the molecule is CC(C)(C)OC(=O)N(C(=O)OC(C)(C)C)c1ncnc2c1c(I)cn2C1CCN(S(C)(=O)=O)CC1. The Bertz CT molecular complexity index is 1200. The van der Waals surface area contributed by atoms with Gasteiger partial charge in [0.1, 0.15) is 23.2 Å². The third kappa shape index (κ3) is 6.61. The predicted molar refractivity (Wildman–Crippen MR) is 140 cm³/mol. The number of imide groups is 1. The van der Waals surface area contributed by atoms with Crippen molar-refractivity contribution in [2.24, 2.45) is 0 Å². The van der Waals surface area contributed by atoms with Gasteiger partial charge in [0.25, 0.3) is 0 Å². The van der Waals surface area contributed by atoms with Crippen molar-refractivity contribution in [3.63, 3.8) is 0 Å². The van der Waals surface area contributed by atoms with E-state index in [9.17, 15) is 18.0 Å². The summed E-state index contributed by atoms with van der Waals surface area (Å²) in [5.41, 5.74) is -1.17. The van der Waals surface area contributed by atoms with Gasteiger partial charge in [-0.25, -0.2) is 32.3 Å². The highest BCUT2D eigenvalue weighted by Gasteiger charge is 2.36. The van der Waals surface area contributed by atoms with Crippen LogP contribution in [0.25, 0.3) is 11.0 Å². The van der Waals surface area contributed by atoms with Crippen LogP contribution in [0.4, 0.5) is 15.4 Å². The van der Waals surface area contributed by atoms with Crippen LogP contribution in [0, 0.1) is 3.57 Å². The van der Waals surface area contributed by atoms with Gasteiger partial charge in [-0.05, 0) is 77.0 Å². The van der Waals surface area contributed by atoms with Crippen LogP contribution in [0.1, 0.15) is 60.4 Å². The van der Waals surface area contributed by atoms with Crippen molar-refractivity contribution in [3.8, 4) is 0 Å². The van der Waals surface area contributed by atoms with Gasteiger partial charge < -0.3 is 14.0 Å². The zero-order valence-electron chi connectivity index (χ0n) is 21.0.